The van der Waals surface area contributed by atoms with Gasteiger partial charge >= 0.3 is 5.97 Å². The molecule has 4 heteroatoms. The maximum Gasteiger partial charge on any atom is 0.363 e. The van der Waals surface area contributed by atoms with E-state index in [9.17, 15) is 4.79 Å². The third-order valence-corrected chi connectivity index (χ3v) is 4.43. The Bertz CT molecular complexity index is 860. The van der Waals surface area contributed by atoms with Gasteiger partial charge in [-0.2, -0.15) is 0 Å². The molecule has 4 nitrogen and oxygen atoms in total. The Morgan fingerprint density at radius 2 is 1.74 bits per heavy atom. The first kappa shape index (κ1) is 18.9. The molecule has 0 saturated carbocycles. The van der Waals surface area contributed by atoms with Crippen LogP contribution in [0.2, 0.25) is 0 Å². The van der Waals surface area contributed by atoms with Crippen molar-refractivity contribution in [1.29, 1.82) is 0 Å². The van der Waals surface area contributed by atoms with Crippen LogP contribution in [0.1, 0.15) is 43.4 Å². The lowest BCUT2D eigenvalue weighted by Crippen LogP contribution is -2.24. The van der Waals surface area contributed by atoms with Crippen LogP contribution in [-0.2, 0) is 9.53 Å². The van der Waals surface area contributed by atoms with Crippen LogP contribution in [0.25, 0.3) is 6.08 Å². The average Bonchev–Trinajstić information content (AvgIpc) is 3.03. The van der Waals surface area contributed by atoms with Crippen molar-refractivity contribution in [3.05, 3.63) is 70.9 Å². The van der Waals surface area contributed by atoms with Gasteiger partial charge in [0.25, 0.3) is 0 Å². The van der Waals surface area contributed by atoms with Gasteiger partial charge in [-0.05, 0) is 55.7 Å². The molecule has 0 unspecified atom stereocenters. The van der Waals surface area contributed by atoms with Gasteiger partial charge in [0.1, 0.15) is 0 Å². The molecule has 3 rings (SSSR count). The monoisotopic (exact) mass is 362 g/mol. The van der Waals surface area contributed by atoms with E-state index >= 15 is 0 Å². The summed E-state index contributed by atoms with van der Waals surface area (Å²) in [6.45, 7) is 8.48. The molecule has 0 aromatic heterocycles. The molecule has 27 heavy (non-hydrogen) atoms. The van der Waals surface area contributed by atoms with Crippen molar-refractivity contribution in [3.8, 4) is 0 Å². The Morgan fingerprint density at radius 1 is 1.04 bits per heavy atom. The second-order valence-corrected chi connectivity index (χ2v) is 6.78. The van der Waals surface area contributed by atoms with Gasteiger partial charge in [-0.1, -0.05) is 43.7 Å². The van der Waals surface area contributed by atoms with Crippen LogP contribution >= 0.6 is 0 Å². The number of ether oxygens (including phenoxy) is 1. The highest BCUT2D eigenvalue weighted by atomic mass is 16.6. The minimum absolute atomic E-state index is 0.332. The average molecular weight is 362 g/mol. The van der Waals surface area contributed by atoms with E-state index in [4.69, 9.17) is 4.74 Å². The van der Waals surface area contributed by atoms with E-state index in [1.54, 1.807) is 6.08 Å². The Hall–Kier alpha value is -2.88. The molecular weight excluding hydrogens is 336 g/mol. The number of rotatable bonds is 7. The van der Waals surface area contributed by atoms with Crippen molar-refractivity contribution in [1.82, 2.24) is 0 Å². The fourth-order valence-electron chi connectivity index (χ4n) is 3.16. The molecule has 0 amide bonds. The first-order valence-corrected chi connectivity index (χ1v) is 9.55. The van der Waals surface area contributed by atoms with Gasteiger partial charge in [-0.3, -0.25) is 0 Å². The lowest BCUT2D eigenvalue weighted by atomic mass is 10.1. The zero-order valence-corrected chi connectivity index (χ0v) is 16.2. The number of aliphatic imine (C=N–C) groups is 1. The van der Waals surface area contributed by atoms with Gasteiger partial charge in [0.15, 0.2) is 5.70 Å². The fraction of sp³-hybridized carbons (Fsp3) is 0.304. The van der Waals surface area contributed by atoms with Crippen molar-refractivity contribution < 1.29 is 9.53 Å². The molecule has 140 valence electrons. The molecule has 0 fully saturated rings. The van der Waals surface area contributed by atoms with Gasteiger partial charge in [0, 0.05) is 24.3 Å². The molecule has 0 N–H and O–H groups in total. The molecule has 0 bridgehead atoms. The Kier molecular flexibility index (Phi) is 6.07. The fourth-order valence-corrected chi connectivity index (χ4v) is 3.16. The van der Waals surface area contributed by atoms with Crippen LogP contribution < -0.4 is 4.90 Å². The number of nitrogens with zero attached hydrogens (tertiary/aromatic N) is 2. The minimum atomic E-state index is -0.408. The maximum atomic E-state index is 12.2. The van der Waals surface area contributed by atoms with E-state index < -0.39 is 5.97 Å². The summed E-state index contributed by atoms with van der Waals surface area (Å²) in [7, 11) is 0. The third kappa shape index (κ3) is 4.64. The molecule has 0 atom stereocenters. The normalized spacial score (nSPS) is 15.0. The summed E-state index contributed by atoms with van der Waals surface area (Å²) in [6, 6.07) is 16.0. The number of hydrogen-bond donors (Lipinski definition) is 0. The lowest BCUT2D eigenvalue weighted by Gasteiger charge is -2.23. The smallest absolute Gasteiger partial charge is 0.363 e. The van der Waals surface area contributed by atoms with Gasteiger partial charge < -0.3 is 9.64 Å². The Balaban J connectivity index is 1.80. The number of cyclic esters (lactones) is 1. The topological polar surface area (TPSA) is 41.9 Å². The summed E-state index contributed by atoms with van der Waals surface area (Å²) in [6.07, 6.45) is 4.01. The van der Waals surface area contributed by atoms with Crippen LogP contribution in [0, 0.1) is 6.92 Å². The number of carbonyl (C=O) groups is 1. The Labute approximate surface area is 161 Å². The summed E-state index contributed by atoms with van der Waals surface area (Å²) >= 11 is 0. The third-order valence-electron chi connectivity index (χ3n) is 4.43. The van der Waals surface area contributed by atoms with E-state index in [0.29, 0.717) is 11.6 Å². The number of hydrogen-bond acceptors (Lipinski definition) is 4. The van der Waals surface area contributed by atoms with E-state index in [2.05, 4.69) is 35.9 Å². The van der Waals surface area contributed by atoms with Crippen molar-refractivity contribution in [3.63, 3.8) is 0 Å². The summed E-state index contributed by atoms with van der Waals surface area (Å²) in [5, 5.41) is 0. The van der Waals surface area contributed by atoms with Gasteiger partial charge in [-0.15, -0.1) is 0 Å². The molecule has 2 aromatic rings. The van der Waals surface area contributed by atoms with Gasteiger partial charge in [0.05, 0.1) is 0 Å². The second-order valence-electron chi connectivity index (χ2n) is 6.78. The van der Waals surface area contributed by atoms with Crippen LogP contribution in [-0.4, -0.2) is 25.0 Å². The molecular formula is C23H26N2O2. The van der Waals surface area contributed by atoms with Crippen molar-refractivity contribution in [2.45, 2.75) is 33.6 Å². The molecule has 1 aliphatic rings. The number of esters is 1. The van der Waals surface area contributed by atoms with Crippen molar-refractivity contribution >= 4 is 23.6 Å². The quantitative estimate of drug-likeness (QED) is 0.516. The first-order valence-electron chi connectivity index (χ1n) is 9.55. The van der Waals surface area contributed by atoms with Gasteiger partial charge in [0.2, 0.25) is 5.90 Å². The highest BCUT2D eigenvalue weighted by Gasteiger charge is 2.24. The van der Waals surface area contributed by atoms with Crippen LogP contribution in [0.15, 0.2) is 59.2 Å². The van der Waals surface area contributed by atoms with E-state index in [-0.39, 0.29) is 0 Å². The van der Waals surface area contributed by atoms with Crippen LogP contribution in [0.4, 0.5) is 5.69 Å². The van der Waals surface area contributed by atoms with E-state index in [0.717, 1.165) is 42.6 Å². The van der Waals surface area contributed by atoms with Crippen molar-refractivity contribution in [2.75, 3.05) is 18.0 Å². The largest absolute Gasteiger partial charge is 0.402 e. The highest BCUT2D eigenvalue weighted by Crippen LogP contribution is 2.22. The van der Waals surface area contributed by atoms with Crippen molar-refractivity contribution in [2.24, 2.45) is 4.99 Å². The molecule has 1 heterocycles. The van der Waals surface area contributed by atoms with Crippen LogP contribution in [0.3, 0.4) is 0 Å². The Morgan fingerprint density at radius 3 is 2.37 bits per heavy atom. The molecule has 0 saturated heterocycles. The molecule has 2 aromatic carbocycles. The number of aryl methyl sites for hydroxylation is 1. The highest BCUT2D eigenvalue weighted by molar-refractivity contribution is 6.12. The summed E-state index contributed by atoms with van der Waals surface area (Å²) in [5.74, 6) is -0.0437. The molecule has 0 radical (unpaired) electrons. The SMILES string of the molecule is CCCN(CCC)c1ccc(C=C2N=C(c3cccc(C)c3)OC2=O)cc1. The zero-order valence-electron chi connectivity index (χ0n) is 16.2. The van der Waals surface area contributed by atoms with Gasteiger partial charge in [-0.25, -0.2) is 9.79 Å². The number of benzene rings is 2. The molecule has 0 spiro atoms. The standard InChI is InChI=1S/C23H26N2O2/c1-4-13-25(14-5-2)20-11-9-18(10-12-20)16-21-23(26)27-22(24-21)19-8-6-7-17(3)15-19/h6-12,15-16H,4-5,13-14H2,1-3H3. The summed E-state index contributed by atoms with van der Waals surface area (Å²) in [4.78, 5) is 19.0. The number of carbonyl (C=O) groups excluding carboxylic acids is 1. The second kappa shape index (κ2) is 8.67. The minimum Gasteiger partial charge on any atom is -0.402 e. The first-order chi connectivity index (χ1) is 13.1. The maximum absolute atomic E-state index is 12.2. The molecule has 1 aliphatic heterocycles. The predicted molar refractivity (Wildman–Crippen MR) is 111 cm³/mol. The van der Waals surface area contributed by atoms with E-state index in [1.165, 1.54) is 5.69 Å². The predicted octanol–water partition coefficient (Wildman–Crippen LogP) is 4.97. The zero-order chi connectivity index (χ0) is 19.2. The summed E-state index contributed by atoms with van der Waals surface area (Å²) < 4.78 is 5.35. The summed E-state index contributed by atoms with van der Waals surface area (Å²) in [5.41, 5.74) is 4.39. The number of anilines is 1. The van der Waals surface area contributed by atoms with E-state index in [1.807, 2.05) is 43.3 Å². The lowest BCUT2D eigenvalue weighted by molar-refractivity contribution is -0.129. The van der Waals surface area contributed by atoms with Crippen LogP contribution in [0.5, 0.6) is 0 Å². The molecule has 0 aliphatic carbocycles.